The van der Waals surface area contributed by atoms with E-state index >= 15 is 0 Å². The Bertz CT molecular complexity index is 1290. The third-order valence-corrected chi connectivity index (χ3v) is 6.32. The van der Waals surface area contributed by atoms with Crippen molar-refractivity contribution in [1.82, 2.24) is 9.66 Å². The van der Waals surface area contributed by atoms with E-state index in [4.69, 9.17) is 26.2 Å². The van der Waals surface area contributed by atoms with Crippen molar-refractivity contribution in [3.05, 3.63) is 60.0 Å². The third kappa shape index (κ3) is 4.97. The van der Waals surface area contributed by atoms with Crippen LogP contribution in [0.1, 0.15) is 25.2 Å². The monoisotopic (exact) mass is 585 g/mol. The highest BCUT2D eigenvalue weighted by molar-refractivity contribution is 9.10. The van der Waals surface area contributed by atoms with Gasteiger partial charge in [-0.1, -0.05) is 27.5 Å². The summed E-state index contributed by atoms with van der Waals surface area (Å²) in [4.78, 5) is 28.6. The van der Waals surface area contributed by atoms with Gasteiger partial charge in [0.15, 0.2) is 17.6 Å². The van der Waals surface area contributed by atoms with Crippen molar-refractivity contribution in [3.8, 4) is 11.5 Å². The Morgan fingerprint density at radius 1 is 1.38 bits per heavy atom. The maximum Gasteiger partial charge on any atom is 0.344 e. The zero-order valence-corrected chi connectivity index (χ0v) is 21.2. The Balaban J connectivity index is 2.09. The number of hydrogen-bond donors (Lipinski definition) is 1. The molecule has 1 aromatic heterocycles. The van der Waals surface area contributed by atoms with Crippen LogP contribution < -0.4 is 15.0 Å². The third-order valence-electron chi connectivity index (χ3n) is 4.38. The van der Waals surface area contributed by atoms with Crippen LogP contribution in [-0.2, 0) is 4.79 Å². The lowest BCUT2D eigenvalue weighted by Gasteiger charge is -2.18. The number of ether oxygens (including phenoxy) is 2. The van der Waals surface area contributed by atoms with Gasteiger partial charge in [-0.05, 0) is 61.0 Å². The minimum atomic E-state index is -1.14. The number of nitrogens with zero attached hydrogens (tertiary/aromatic N) is 3. The summed E-state index contributed by atoms with van der Waals surface area (Å²) in [5.74, 6) is -0.392. The van der Waals surface area contributed by atoms with Crippen molar-refractivity contribution in [1.29, 1.82) is 0 Å². The van der Waals surface area contributed by atoms with Crippen molar-refractivity contribution in [2.24, 2.45) is 5.10 Å². The maximum atomic E-state index is 12.9. The molecule has 168 valence electrons. The van der Waals surface area contributed by atoms with Crippen molar-refractivity contribution in [2.75, 3.05) is 6.61 Å². The van der Waals surface area contributed by atoms with E-state index in [0.717, 1.165) is 4.47 Å². The standard InChI is InChI=1S/C21H18Br2ClN3O5/c1-4-31-16-7-12(17(23)18(24)19(16)32-10(2)21(29)30)9-25-27-11(3)26-15-6-5-13(22)8-14(15)20(27)28/h5-10H,4H2,1-3H3,(H,29,30)/t10-/m1/s1. The van der Waals surface area contributed by atoms with Gasteiger partial charge >= 0.3 is 5.97 Å². The van der Waals surface area contributed by atoms with Crippen LogP contribution in [0.2, 0.25) is 5.02 Å². The molecule has 0 saturated carbocycles. The molecular weight excluding hydrogens is 570 g/mol. The van der Waals surface area contributed by atoms with Crippen LogP contribution in [0.3, 0.4) is 0 Å². The summed E-state index contributed by atoms with van der Waals surface area (Å²) in [6, 6.07) is 6.85. The number of carbonyl (C=O) groups is 1. The van der Waals surface area contributed by atoms with Gasteiger partial charge in [-0.3, -0.25) is 4.79 Å². The molecule has 8 nitrogen and oxygen atoms in total. The van der Waals surface area contributed by atoms with Crippen LogP contribution in [0, 0.1) is 6.92 Å². The van der Waals surface area contributed by atoms with Crippen molar-refractivity contribution in [2.45, 2.75) is 26.9 Å². The number of benzene rings is 2. The summed E-state index contributed by atoms with van der Waals surface area (Å²) in [7, 11) is 0. The number of aryl methyl sites for hydroxylation is 1. The van der Waals surface area contributed by atoms with E-state index < -0.39 is 12.1 Å². The van der Waals surface area contributed by atoms with Gasteiger partial charge in [0.25, 0.3) is 5.56 Å². The Kier molecular flexibility index (Phi) is 7.58. The molecule has 1 N–H and O–H groups in total. The van der Waals surface area contributed by atoms with Gasteiger partial charge in [-0.25, -0.2) is 9.78 Å². The first-order valence-corrected chi connectivity index (χ1v) is 11.4. The van der Waals surface area contributed by atoms with Gasteiger partial charge in [0.2, 0.25) is 0 Å². The maximum absolute atomic E-state index is 12.9. The molecule has 0 aliphatic heterocycles. The predicted molar refractivity (Wildman–Crippen MR) is 129 cm³/mol. The topological polar surface area (TPSA) is 103 Å². The highest BCUT2D eigenvalue weighted by Crippen LogP contribution is 2.42. The van der Waals surface area contributed by atoms with Crippen molar-refractivity contribution < 1.29 is 19.4 Å². The first kappa shape index (κ1) is 24.2. The summed E-state index contributed by atoms with van der Waals surface area (Å²) in [5.41, 5.74) is 0.737. The first-order chi connectivity index (χ1) is 15.1. The largest absolute Gasteiger partial charge is 0.490 e. The average Bonchev–Trinajstić information content (AvgIpc) is 2.74. The number of aliphatic carboxylic acids is 1. The number of carboxylic acids is 1. The van der Waals surface area contributed by atoms with Gasteiger partial charge in [0.1, 0.15) is 10.8 Å². The molecule has 1 heterocycles. The molecule has 0 amide bonds. The summed E-state index contributed by atoms with van der Waals surface area (Å²) < 4.78 is 13.4. The fourth-order valence-corrected chi connectivity index (χ4v) is 3.82. The van der Waals surface area contributed by atoms with Gasteiger partial charge < -0.3 is 14.6 Å². The summed E-state index contributed by atoms with van der Waals surface area (Å²) in [6.07, 6.45) is 0.297. The zero-order valence-electron chi connectivity index (χ0n) is 17.2. The number of halogens is 3. The van der Waals surface area contributed by atoms with Crippen LogP contribution >= 0.6 is 43.5 Å². The minimum absolute atomic E-state index is 0.0954. The number of rotatable bonds is 7. The molecule has 0 radical (unpaired) electrons. The van der Waals surface area contributed by atoms with E-state index in [1.165, 1.54) is 17.8 Å². The fourth-order valence-electron chi connectivity index (χ4n) is 2.81. The molecule has 0 spiro atoms. The second-order valence-corrected chi connectivity index (χ2v) is 8.72. The molecule has 0 aliphatic carbocycles. The Labute approximate surface area is 205 Å². The fraction of sp³-hybridized carbons (Fsp3) is 0.238. The van der Waals surface area contributed by atoms with E-state index in [1.807, 2.05) is 6.07 Å². The van der Waals surface area contributed by atoms with E-state index in [2.05, 4.69) is 41.9 Å². The lowest BCUT2D eigenvalue weighted by molar-refractivity contribution is -0.144. The predicted octanol–water partition coefficient (Wildman–Crippen LogP) is 5.02. The number of fused-ring (bicyclic) bond motifs is 1. The Morgan fingerprint density at radius 3 is 2.75 bits per heavy atom. The second kappa shape index (κ2) is 10.0. The SMILES string of the molecule is CCOc1cc(C=Nn2c(C)nc3ccc(Br)cc3c2=O)c(Br)c(Cl)c1O[C@H](C)C(=O)O. The van der Waals surface area contributed by atoms with Gasteiger partial charge in [-0.15, -0.1) is 0 Å². The quantitative estimate of drug-likeness (QED) is 0.390. The Morgan fingerprint density at radius 2 is 2.09 bits per heavy atom. The molecule has 11 heteroatoms. The molecule has 3 aromatic rings. The molecular formula is C21H18Br2ClN3O5. The van der Waals surface area contributed by atoms with Crippen molar-refractivity contribution in [3.63, 3.8) is 0 Å². The first-order valence-electron chi connectivity index (χ1n) is 9.41. The molecule has 3 rings (SSSR count). The average molecular weight is 588 g/mol. The van der Waals surface area contributed by atoms with Gasteiger partial charge in [0, 0.05) is 14.5 Å². The molecule has 0 saturated heterocycles. The summed E-state index contributed by atoms with van der Waals surface area (Å²) >= 11 is 13.2. The van der Waals surface area contributed by atoms with Crippen LogP contribution in [0.15, 0.2) is 43.1 Å². The van der Waals surface area contributed by atoms with E-state index in [-0.39, 0.29) is 22.1 Å². The summed E-state index contributed by atoms with van der Waals surface area (Å²) in [5, 5.41) is 14.0. The van der Waals surface area contributed by atoms with Crippen LogP contribution in [0.25, 0.3) is 10.9 Å². The summed E-state index contributed by atoms with van der Waals surface area (Å²) in [6.45, 7) is 5.14. The van der Waals surface area contributed by atoms with Crippen molar-refractivity contribution >= 4 is 66.5 Å². The number of hydrogen-bond acceptors (Lipinski definition) is 6. The van der Waals surface area contributed by atoms with Crippen LogP contribution in [0.5, 0.6) is 11.5 Å². The number of carboxylic acid groups (broad SMARTS) is 1. The molecule has 0 unspecified atom stereocenters. The highest BCUT2D eigenvalue weighted by Gasteiger charge is 2.22. The number of aromatic nitrogens is 2. The van der Waals surface area contributed by atoms with E-state index in [0.29, 0.717) is 33.4 Å². The second-order valence-electron chi connectivity index (χ2n) is 6.63. The van der Waals surface area contributed by atoms with Gasteiger partial charge in [-0.2, -0.15) is 9.78 Å². The van der Waals surface area contributed by atoms with Crippen LogP contribution in [-0.4, -0.2) is 39.7 Å². The van der Waals surface area contributed by atoms with E-state index in [9.17, 15) is 9.59 Å². The molecule has 0 bridgehead atoms. The zero-order chi connectivity index (χ0) is 23.6. The van der Waals surface area contributed by atoms with Gasteiger partial charge in [0.05, 0.1) is 23.7 Å². The molecule has 1 atom stereocenters. The molecule has 32 heavy (non-hydrogen) atoms. The Hall–Kier alpha value is -2.43. The molecule has 2 aromatic carbocycles. The lowest BCUT2D eigenvalue weighted by Crippen LogP contribution is -2.23. The highest BCUT2D eigenvalue weighted by atomic mass is 79.9. The lowest BCUT2D eigenvalue weighted by atomic mass is 10.2. The van der Waals surface area contributed by atoms with E-state index in [1.54, 1.807) is 32.0 Å². The smallest absolute Gasteiger partial charge is 0.344 e. The van der Waals surface area contributed by atoms with Crippen LogP contribution in [0.4, 0.5) is 0 Å². The normalized spacial score (nSPS) is 12.3. The molecule has 0 fully saturated rings. The minimum Gasteiger partial charge on any atom is -0.490 e. The molecule has 0 aliphatic rings.